The number of likely N-dealkylation sites (tertiary alicyclic amines) is 1. The third-order valence-corrected chi connectivity index (χ3v) is 5.22. The van der Waals surface area contributed by atoms with E-state index >= 15 is 0 Å². The second kappa shape index (κ2) is 6.95. The molecule has 0 aromatic carbocycles. The second-order valence-corrected chi connectivity index (χ2v) is 6.93. The van der Waals surface area contributed by atoms with Gasteiger partial charge in [-0.15, -0.1) is 0 Å². The summed E-state index contributed by atoms with van der Waals surface area (Å²) in [4.78, 5) is 32.2. The Hall–Kier alpha value is -2.22. The monoisotopic (exact) mass is 343 g/mol. The molecule has 4 rings (SSSR count). The third-order valence-electron chi connectivity index (χ3n) is 5.22. The first-order chi connectivity index (χ1) is 12.2. The molecule has 8 nitrogen and oxygen atoms in total. The number of carbonyl (C=O) groups is 1. The highest BCUT2D eigenvalue weighted by atomic mass is 16.2. The van der Waals surface area contributed by atoms with Gasteiger partial charge in [-0.2, -0.15) is 0 Å². The highest BCUT2D eigenvalue weighted by Crippen LogP contribution is 2.22. The van der Waals surface area contributed by atoms with Crippen LogP contribution in [0.3, 0.4) is 0 Å². The molecule has 0 unspecified atom stereocenters. The summed E-state index contributed by atoms with van der Waals surface area (Å²) in [5.41, 5.74) is 1.70. The normalized spacial score (nSPS) is 19.6. The van der Waals surface area contributed by atoms with E-state index in [1.807, 2.05) is 16.5 Å². The van der Waals surface area contributed by atoms with Crippen molar-refractivity contribution in [2.45, 2.75) is 19.3 Å². The largest absolute Gasteiger partial charge is 0.352 e. The SMILES string of the molecule is Cn1cnc2c(N3CCN(CC(=O)N4CCCCC4)CC3)ncnc21. The summed E-state index contributed by atoms with van der Waals surface area (Å²) < 4.78 is 1.91. The summed E-state index contributed by atoms with van der Waals surface area (Å²) in [6, 6.07) is 0. The number of hydrogen-bond acceptors (Lipinski definition) is 6. The molecule has 2 saturated heterocycles. The van der Waals surface area contributed by atoms with Crippen LogP contribution >= 0.6 is 0 Å². The molecule has 2 fully saturated rings. The number of nitrogens with zero attached hydrogens (tertiary/aromatic N) is 7. The van der Waals surface area contributed by atoms with E-state index in [9.17, 15) is 4.79 Å². The molecular formula is C17H25N7O. The van der Waals surface area contributed by atoms with Crippen molar-refractivity contribution in [2.75, 3.05) is 50.7 Å². The standard InChI is InChI=1S/C17H25N7O/c1-21-13-20-15-16(21)18-12-19-17(15)24-9-7-22(8-10-24)11-14(25)23-5-3-2-4-6-23/h12-13H,2-11H2,1H3. The maximum Gasteiger partial charge on any atom is 0.236 e. The predicted molar refractivity (Wildman–Crippen MR) is 95.4 cm³/mol. The quantitative estimate of drug-likeness (QED) is 0.808. The fourth-order valence-electron chi connectivity index (χ4n) is 3.72. The molecule has 134 valence electrons. The van der Waals surface area contributed by atoms with Gasteiger partial charge in [-0.3, -0.25) is 9.69 Å². The van der Waals surface area contributed by atoms with Gasteiger partial charge in [-0.25, -0.2) is 15.0 Å². The molecule has 1 amide bonds. The van der Waals surface area contributed by atoms with Gasteiger partial charge in [-0.1, -0.05) is 0 Å². The molecular weight excluding hydrogens is 318 g/mol. The minimum Gasteiger partial charge on any atom is -0.352 e. The fourth-order valence-corrected chi connectivity index (χ4v) is 3.72. The molecule has 0 aliphatic carbocycles. The molecule has 2 aliphatic heterocycles. The molecule has 8 heteroatoms. The number of imidazole rings is 1. The van der Waals surface area contributed by atoms with Crippen molar-refractivity contribution in [2.24, 2.45) is 7.05 Å². The highest BCUT2D eigenvalue weighted by Gasteiger charge is 2.24. The van der Waals surface area contributed by atoms with Crippen molar-refractivity contribution in [3.8, 4) is 0 Å². The van der Waals surface area contributed by atoms with Gasteiger partial charge in [0.2, 0.25) is 5.91 Å². The van der Waals surface area contributed by atoms with Crippen LogP contribution in [-0.4, -0.2) is 81.0 Å². The average Bonchev–Trinajstić information content (AvgIpc) is 3.04. The van der Waals surface area contributed by atoms with Gasteiger partial charge in [0.1, 0.15) is 6.33 Å². The molecule has 0 N–H and O–H groups in total. The fraction of sp³-hybridized carbons (Fsp3) is 0.647. The van der Waals surface area contributed by atoms with Gasteiger partial charge < -0.3 is 14.4 Å². The Labute approximate surface area is 147 Å². The number of aryl methyl sites for hydroxylation is 1. The number of amides is 1. The third kappa shape index (κ3) is 3.30. The van der Waals surface area contributed by atoms with Gasteiger partial charge >= 0.3 is 0 Å². The van der Waals surface area contributed by atoms with Gasteiger partial charge in [0.25, 0.3) is 0 Å². The van der Waals surface area contributed by atoms with Crippen LogP contribution in [-0.2, 0) is 11.8 Å². The van der Waals surface area contributed by atoms with Crippen molar-refractivity contribution in [1.82, 2.24) is 29.3 Å². The highest BCUT2D eigenvalue weighted by molar-refractivity contribution is 5.83. The Balaban J connectivity index is 1.37. The van der Waals surface area contributed by atoms with Crippen LogP contribution in [0.1, 0.15) is 19.3 Å². The van der Waals surface area contributed by atoms with Crippen LogP contribution in [0.25, 0.3) is 11.2 Å². The molecule has 25 heavy (non-hydrogen) atoms. The first-order valence-electron chi connectivity index (χ1n) is 9.09. The zero-order valence-corrected chi connectivity index (χ0v) is 14.8. The number of anilines is 1. The number of carbonyl (C=O) groups excluding carboxylic acids is 1. The zero-order valence-electron chi connectivity index (χ0n) is 14.8. The molecule has 2 aromatic rings. The maximum atomic E-state index is 12.4. The van der Waals surface area contributed by atoms with E-state index in [4.69, 9.17) is 0 Å². The van der Waals surface area contributed by atoms with E-state index in [2.05, 4.69) is 24.8 Å². The maximum absolute atomic E-state index is 12.4. The first kappa shape index (κ1) is 16.3. The number of hydrogen-bond donors (Lipinski definition) is 0. The summed E-state index contributed by atoms with van der Waals surface area (Å²) in [7, 11) is 1.94. The van der Waals surface area contributed by atoms with E-state index < -0.39 is 0 Å². The minimum absolute atomic E-state index is 0.280. The van der Waals surface area contributed by atoms with E-state index in [1.165, 1.54) is 6.42 Å². The lowest BCUT2D eigenvalue weighted by Crippen LogP contribution is -2.51. The number of aromatic nitrogens is 4. The lowest BCUT2D eigenvalue weighted by molar-refractivity contribution is -0.133. The van der Waals surface area contributed by atoms with Gasteiger partial charge in [0.15, 0.2) is 17.0 Å². The lowest BCUT2D eigenvalue weighted by atomic mass is 10.1. The Kier molecular flexibility index (Phi) is 4.52. The Morgan fingerprint density at radius 1 is 1.00 bits per heavy atom. The van der Waals surface area contributed by atoms with Crippen LogP contribution in [0.2, 0.25) is 0 Å². The number of piperazine rings is 1. The number of fused-ring (bicyclic) bond motifs is 1. The topological polar surface area (TPSA) is 70.4 Å². The van der Waals surface area contributed by atoms with Crippen LogP contribution in [0.15, 0.2) is 12.7 Å². The number of piperidine rings is 1. The lowest BCUT2D eigenvalue weighted by Gasteiger charge is -2.36. The van der Waals surface area contributed by atoms with Crippen molar-refractivity contribution in [3.63, 3.8) is 0 Å². The Morgan fingerprint density at radius 2 is 1.76 bits per heavy atom. The molecule has 4 heterocycles. The van der Waals surface area contributed by atoms with Crippen molar-refractivity contribution in [1.29, 1.82) is 0 Å². The van der Waals surface area contributed by atoms with E-state index in [0.29, 0.717) is 6.54 Å². The summed E-state index contributed by atoms with van der Waals surface area (Å²) in [6.45, 7) is 5.85. The first-order valence-corrected chi connectivity index (χ1v) is 9.09. The molecule has 2 aromatic heterocycles. The van der Waals surface area contributed by atoms with Gasteiger partial charge in [0, 0.05) is 46.3 Å². The van der Waals surface area contributed by atoms with Crippen LogP contribution < -0.4 is 4.90 Å². The molecule has 0 bridgehead atoms. The van der Waals surface area contributed by atoms with Crippen molar-refractivity contribution < 1.29 is 4.79 Å². The summed E-state index contributed by atoms with van der Waals surface area (Å²) >= 11 is 0. The average molecular weight is 343 g/mol. The molecule has 0 spiro atoms. The van der Waals surface area contributed by atoms with Gasteiger partial charge in [-0.05, 0) is 19.3 Å². The summed E-state index contributed by atoms with van der Waals surface area (Å²) in [5.74, 6) is 1.18. The predicted octanol–water partition coefficient (Wildman–Crippen LogP) is 0.498. The van der Waals surface area contributed by atoms with E-state index in [1.54, 1.807) is 12.7 Å². The Morgan fingerprint density at radius 3 is 2.52 bits per heavy atom. The van der Waals surface area contributed by atoms with Crippen LogP contribution in [0, 0.1) is 0 Å². The van der Waals surface area contributed by atoms with Crippen molar-refractivity contribution >= 4 is 22.9 Å². The summed E-state index contributed by atoms with van der Waals surface area (Å²) in [5, 5.41) is 0. The summed E-state index contributed by atoms with van der Waals surface area (Å²) in [6.07, 6.45) is 6.92. The Bertz CT molecular complexity index is 745. The van der Waals surface area contributed by atoms with Crippen molar-refractivity contribution in [3.05, 3.63) is 12.7 Å². The molecule has 0 atom stereocenters. The minimum atomic E-state index is 0.280. The molecule has 0 saturated carbocycles. The second-order valence-electron chi connectivity index (χ2n) is 6.93. The molecule has 0 radical (unpaired) electrons. The van der Waals surface area contributed by atoms with Gasteiger partial charge in [0.05, 0.1) is 12.9 Å². The van der Waals surface area contributed by atoms with E-state index in [0.717, 1.165) is 69.1 Å². The number of rotatable bonds is 3. The van der Waals surface area contributed by atoms with Crippen LogP contribution in [0.5, 0.6) is 0 Å². The zero-order chi connectivity index (χ0) is 17.2. The smallest absolute Gasteiger partial charge is 0.236 e. The molecule has 2 aliphatic rings. The van der Waals surface area contributed by atoms with E-state index in [-0.39, 0.29) is 5.91 Å². The van der Waals surface area contributed by atoms with Crippen LogP contribution in [0.4, 0.5) is 5.82 Å².